The molecule has 0 radical (unpaired) electrons. The van der Waals surface area contributed by atoms with Gasteiger partial charge in [0, 0.05) is 11.1 Å². The number of nitrogens with zero attached hydrogens (tertiary/aromatic N) is 2. The third kappa shape index (κ3) is 2.65. The van der Waals surface area contributed by atoms with Crippen molar-refractivity contribution in [1.82, 2.24) is 9.78 Å². The standard InChI is InChI=1S/C9H6BrF3N2S/c10-8-2-1-6(16-8)5-15-4-3-7(14-15)9(11,12)13/h1-4H,5H2. The lowest BCUT2D eigenvalue weighted by atomic mass is 10.4. The van der Waals surface area contributed by atoms with E-state index in [1.165, 1.54) is 22.2 Å². The second-order valence-electron chi connectivity index (χ2n) is 3.10. The number of alkyl halides is 3. The van der Waals surface area contributed by atoms with E-state index in [-0.39, 0.29) is 0 Å². The molecule has 2 aromatic heterocycles. The molecule has 0 aliphatic carbocycles. The molecule has 0 aliphatic rings. The number of aromatic nitrogens is 2. The van der Waals surface area contributed by atoms with Gasteiger partial charge in [-0.15, -0.1) is 11.3 Å². The molecule has 2 rings (SSSR count). The zero-order valence-corrected chi connectivity index (χ0v) is 10.2. The third-order valence-electron chi connectivity index (χ3n) is 1.88. The van der Waals surface area contributed by atoms with E-state index in [1.54, 1.807) is 0 Å². The smallest absolute Gasteiger partial charge is 0.267 e. The molecule has 0 saturated carbocycles. The summed E-state index contributed by atoms with van der Waals surface area (Å²) in [6, 6.07) is 4.68. The molecule has 7 heteroatoms. The Kier molecular flexibility index (Phi) is 3.07. The predicted molar refractivity (Wildman–Crippen MR) is 58.4 cm³/mol. The molecule has 2 heterocycles. The Hall–Kier alpha value is -0.820. The molecular weight excluding hydrogens is 305 g/mol. The third-order valence-corrected chi connectivity index (χ3v) is 3.49. The highest BCUT2D eigenvalue weighted by molar-refractivity contribution is 9.11. The zero-order chi connectivity index (χ0) is 11.8. The molecule has 0 amide bonds. The molecule has 0 fully saturated rings. The summed E-state index contributed by atoms with van der Waals surface area (Å²) >= 11 is 4.77. The lowest BCUT2D eigenvalue weighted by Crippen LogP contribution is -2.08. The highest BCUT2D eigenvalue weighted by Gasteiger charge is 2.33. The number of hydrogen-bond donors (Lipinski definition) is 0. The van der Waals surface area contributed by atoms with Crippen molar-refractivity contribution in [1.29, 1.82) is 0 Å². The van der Waals surface area contributed by atoms with Crippen LogP contribution in [0, 0.1) is 0 Å². The van der Waals surface area contributed by atoms with Crippen LogP contribution in [-0.2, 0) is 12.7 Å². The van der Waals surface area contributed by atoms with Crippen molar-refractivity contribution < 1.29 is 13.2 Å². The Balaban J connectivity index is 2.14. The van der Waals surface area contributed by atoms with Crippen LogP contribution in [0.15, 0.2) is 28.2 Å². The van der Waals surface area contributed by atoms with E-state index >= 15 is 0 Å². The zero-order valence-electron chi connectivity index (χ0n) is 7.83. The number of thiophene rings is 1. The fourth-order valence-corrected chi connectivity index (χ4v) is 2.67. The van der Waals surface area contributed by atoms with Crippen molar-refractivity contribution in [3.8, 4) is 0 Å². The van der Waals surface area contributed by atoms with E-state index in [9.17, 15) is 13.2 Å². The first-order valence-electron chi connectivity index (χ1n) is 4.30. The fourth-order valence-electron chi connectivity index (χ4n) is 1.20. The maximum Gasteiger partial charge on any atom is 0.435 e. The van der Waals surface area contributed by atoms with Gasteiger partial charge in [-0.05, 0) is 34.1 Å². The summed E-state index contributed by atoms with van der Waals surface area (Å²) in [5.74, 6) is 0. The largest absolute Gasteiger partial charge is 0.435 e. The van der Waals surface area contributed by atoms with E-state index in [4.69, 9.17) is 0 Å². The lowest BCUT2D eigenvalue weighted by molar-refractivity contribution is -0.141. The van der Waals surface area contributed by atoms with Crippen LogP contribution in [-0.4, -0.2) is 9.78 Å². The van der Waals surface area contributed by atoms with Crippen LogP contribution in [0.3, 0.4) is 0 Å². The van der Waals surface area contributed by atoms with Crippen LogP contribution in [0.4, 0.5) is 13.2 Å². The molecule has 0 atom stereocenters. The van der Waals surface area contributed by atoms with Gasteiger partial charge in [-0.3, -0.25) is 4.68 Å². The van der Waals surface area contributed by atoms with Gasteiger partial charge in [0.1, 0.15) is 0 Å². The van der Waals surface area contributed by atoms with E-state index in [0.29, 0.717) is 6.54 Å². The van der Waals surface area contributed by atoms with Gasteiger partial charge in [0.25, 0.3) is 0 Å². The summed E-state index contributed by atoms with van der Waals surface area (Å²) < 4.78 is 39.0. The average molecular weight is 311 g/mol. The van der Waals surface area contributed by atoms with Crippen molar-refractivity contribution in [3.63, 3.8) is 0 Å². The Labute approximate surface area is 102 Å². The van der Waals surface area contributed by atoms with Gasteiger partial charge in [-0.25, -0.2) is 0 Å². The summed E-state index contributed by atoms with van der Waals surface area (Å²) in [6.45, 7) is 0.354. The first-order valence-corrected chi connectivity index (χ1v) is 5.91. The molecule has 2 aromatic rings. The Morgan fingerprint density at radius 2 is 2.06 bits per heavy atom. The van der Waals surface area contributed by atoms with Crippen LogP contribution < -0.4 is 0 Å². The van der Waals surface area contributed by atoms with E-state index < -0.39 is 11.9 Å². The maximum atomic E-state index is 12.3. The molecule has 0 N–H and O–H groups in total. The average Bonchev–Trinajstić information content (AvgIpc) is 2.74. The summed E-state index contributed by atoms with van der Waals surface area (Å²) in [4.78, 5) is 0.948. The monoisotopic (exact) mass is 310 g/mol. The van der Waals surface area contributed by atoms with Gasteiger partial charge < -0.3 is 0 Å². The summed E-state index contributed by atoms with van der Waals surface area (Å²) in [7, 11) is 0. The topological polar surface area (TPSA) is 17.8 Å². The van der Waals surface area contributed by atoms with Crippen molar-refractivity contribution >= 4 is 27.3 Å². The van der Waals surface area contributed by atoms with Crippen LogP contribution in [0.1, 0.15) is 10.6 Å². The first-order chi connectivity index (χ1) is 7.45. The molecular formula is C9H6BrF3N2S. The van der Waals surface area contributed by atoms with Crippen LogP contribution in [0.2, 0.25) is 0 Å². The molecule has 0 saturated heterocycles. The van der Waals surface area contributed by atoms with Crippen LogP contribution in [0.5, 0.6) is 0 Å². The van der Waals surface area contributed by atoms with Gasteiger partial charge in [0.2, 0.25) is 0 Å². The molecule has 86 valence electrons. The highest BCUT2D eigenvalue weighted by Crippen LogP contribution is 2.28. The number of hydrogen-bond acceptors (Lipinski definition) is 2. The summed E-state index contributed by atoms with van der Waals surface area (Å²) in [6.07, 6.45) is -3.04. The van der Waals surface area contributed by atoms with Gasteiger partial charge in [-0.2, -0.15) is 18.3 Å². The highest BCUT2D eigenvalue weighted by atomic mass is 79.9. The maximum absolute atomic E-state index is 12.3. The Morgan fingerprint density at radius 3 is 2.56 bits per heavy atom. The Bertz CT molecular complexity index is 489. The molecule has 2 nitrogen and oxygen atoms in total. The van der Waals surface area contributed by atoms with Crippen molar-refractivity contribution in [2.75, 3.05) is 0 Å². The molecule has 16 heavy (non-hydrogen) atoms. The lowest BCUT2D eigenvalue weighted by Gasteiger charge is -2.01. The van der Waals surface area contributed by atoms with Crippen molar-refractivity contribution in [2.24, 2.45) is 0 Å². The second-order valence-corrected chi connectivity index (χ2v) is 5.65. The van der Waals surface area contributed by atoms with Gasteiger partial charge in [-0.1, -0.05) is 0 Å². The van der Waals surface area contributed by atoms with Gasteiger partial charge in [0.05, 0.1) is 10.3 Å². The van der Waals surface area contributed by atoms with Gasteiger partial charge >= 0.3 is 6.18 Å². The summed E-state index contributed by atoms with van der Waals surface area (Å²) in [5.41, 5.74) is -0.858. The molecule has 0 unspecified atom stereocenters. The van der Waals surface area contributed by atoms with E-state index in [2.05, 4.69) is 21.0 Å². The second kappa shape index (κ2) is 4.21. The summed E-state index contributed by atoms with van der Waals surface area (Å²) in [5, 5.41) is 3.47. The minimum absolute atomic E-state index is 0.354. The Morgan fingerprint density at radius 1 is 1.31 bits per heavy atom. The first kappa shape index (κ1) is 11.7. The fraction of sp³-hybridized carbons (Fsp3) is 0.222. The van der Waals surface area contributed by atoms with Crippen LogP contribution >= 0.6 is 27.3 Å². The molecule has 0 spiro atoms. The quantitative estimate of drug-likeness (QED) is 0.825. The van der Waals surface area contributed by atoms with Crippen molar-refractivity contribution in [3.05, 3.63) is 38.8 Å². The normalized spacial score (nSPS) is 12.0. The number of halogens is 4. The molecule has 0 aliphatic heterocycles. The minimum atomic E-state index is -4.37. The number of rotatable bonds is 2. The minimum Gasteiger partial charge on any atom is -0.267 e. The SMILES string of the molecule is FC(F)(F)c1ccn(Cc2ccc(Br)s2)n1. The molecule has 0 bridgehead atoms. The van der Waals surface area contributed by atoms with E-state index in [1.807, 2.05) is 12.1 Å². The van der Waals surface area contributed by atoms with E-state index in [0.717, 1.165) is 14.7 Å². The van der Waals surface area contributed by atoms with Gasteiger partial charge in [0.15, 0.2) is 5.69 Å². The van der Waals surface area contributed by atoms with Crippen LogP contribution in [0.25, 0.3) is 0 Å². The predicted octanol–water partition coefficient (Wildman–Crippen LogP) is 3.77. The molecule has 0 aromatic carbocycles. The van der Waals surface area contributed by atoms with Crippen molar-refractivity contribution in [2.45, 2.75) is 12.7 Å².